The Morgan fingerprint density at radius 1 is 1.41 bits per heavy atom. The molecule has 1 heterocycles. The van der Waals surface area contributed by atoms with E-state index >= 15 is 0 Å². The molecule has 0 saturated heterocycles. The molecule has 1 aliphatic carbocycles. The highest BCUT2D eigenvalue weighted by Crippen LogP contribution is 2.20. The summed E-state index contributed by atoms with van der Waals surface area (Å²) in [6.07, 6.45) is 9.70. The van der Waals surface area contributed by atoms with Gasteiger partial charge in [-0.3, -0.25) is 0 Å². The van der Waals surface area contributed by atoms with Crippen LogP contribution in [0.5, 0.6) is 0 Å². The van der Waals surface area contributed by atoms with Crippen LogP contribution in [0.2, 0.25) is 0 Å². The minimum atomic E-state index is 0.389. The first-order valence-corrected chi connectivity index (χ1v) is 6.65. The van der Waals surface area contributed by atoms with E-state index in [0.717, 1.165) is 38.6 Å². The highest BCUT2D eigenvalue weighted by molar-refractivity contribution is 4.96. The zero-order valence-electron chi connectivity index (χ0n) is 10.6. The van der Waals surface area contributed by atoms with Gasteiger partial charge in [0.25, 0.3) is 0 Å². The second-order valence-electron chi connectivity index (χ2n) is 4.93. The van der Waals surface area contributed by atoms with Crippen LogP contribution in [0.15, 0.2) is 12.5 Å². The molecule has 96 valence electrons. The third-order valence-corrected chi connectivity index (χ3v) is 3.45. The van der Waals surface area contributed by atoms with Crippen LogP contribution in [0, 0.1) is 0 Å². The molecule has 17 heavy (non-hydrogen) atoms. The van der Waals surface area contributed by atoms with Gasteiger partial charge in [-0.05, 0) is 32.1 Å². The summed E-state index contributed by atoms with van der Waals surface area (Å²) in [5.74, 6) is 0. The van der Waals surface area contributed by atoms with Crippen molar-refractivity contribution in [2.45, 2.75) is 64.3 Å². The van der Waals surface area contributed by atoms with E-state index in [1.54, 1.807) is 0 Å². The molecule has 0 amide bonds. The normalized spacial score (nSPS) is 25.1. The molecule has 0 aromatic carbocycles. The van der Waals surface area contributed by atoms with E-state index in [9.17, 15) is 0 Å². The van der Waals surface area contributed by atoms with Gasteiger partial charge in [0.2, 0.25) is 0 Å². The van der Waals surface area contributed by atoms with Crippen LogP contribution in [0.3, 0.4) is 0 Å². The van der Waals surface area contributed by atoms with E-state index in [1.807, 2.05) is 12.5 Å². The van der Waals surface area contributed by atoms with Gasteiger partial charge in [0.1, 0.15) is 0 Å². The zero-order valence-corrected chi connectivity index (χ0v) is 10.6. The number of aryl methyl sites for hydroxylation is 1. The smallest absolute Gasteiger partial charge is 0.0948 e. The van der Waals surface area contributed by atoms with Gasteiger partial charge in [-0.15, -0.1) is 0 Å². The van der Waals surface area contributed by atoms with E-state index in [-0.39, 0.29) is 0 Å². The topological polar surface area (TPSA) is 53.1 Å². The molecule has 0 spiro atoms. The first-order chi connectivity index (χ1) is 8.29. The molecule has 1 aromatic rings. The standard InChI is InChI=1S/C13H23N3O/c1-2-7-16-10-15-8-12(16)9-17-13-5-3-11(14)4-6-13/h8,10-11,13H,2-7,9,14H2,1H3. The molecule has 4 nitrogen and oxygen atoms in total. The predicted octanol–water partition coefficient (Wildman–Crippen LogP) is 2.08. The number of nitrogens with two attached hydrogens (primary N) is 1. The van der Waals surface area contributed by atoms with Crippen molar-refractivity contribution in [2.75, 3.05) is 0 Å². The van der Waals surface area contributed by atoms with E-state index in [4.69, 9.17) is 10.5 Å². The van der Waals surface area contributed by atoms with Crippen molar-refractivity contribution < 1.29 is 4.74 Å². The van der Waals surface area contributed by atoms with Crippen LogP contribution >= 0.6 is 0 Å². The molecule has 0 aliphatic heterocycles. The summed E-state index contributed by atoms with van der Waals surface area (Å²) in [5, 5.41) is 0. The fourth-order valence-electron chi connectivity index (χ4n) is 2.37. The van der Waals surface area contributed by atoms with Gasteiger partial charge < -0.3 is 15.0 Å². The summed E-state index contributed by atoms with van der Waals surface area (Å²) >= 11 is 0. The maximum Gasteiger partial charge on any atom is 0.0948 e. The number of hydrogen-bond donors (Lipinski definition) is 1. The Bertz CT molecular complexity index is 329. The lowest BCUT2D eigenvalue weighted by Crippen LogP contribution is -2.30. The van der Waals surface area contributed by atoms with Crippen molar-refractivity contribution in [3.8, 4) is 0 Å². The van der Waals surface area contributed by atoms with Crippen molar-refractivity contribution >= 4 is 0 Å². The van der Waals surface area contributed by atoms with Crippen molar-refractivity contribution in [2.24, 2.45) is 5.73 Å². The van der Waals surface area contributed by atoms with E-state index in [1.165, 1.54) is 5.69 Å². The van der Waals surface area contributed by atoms with Gasteiger partial charge in [0.15, 0.2) is 0 Å². The van der Waals surface area contributed by atoms with E-state index in [0.29, 0.717) is 18.8 Å². The molecule has 1 saturated carbocycles. The van der Waals surface area contributed by atoms with Crippen molar-refractivity contribution in [3.05, 3.63) is 18.2 Å². The third-order valence-electron chi connectivity index (χ3n) is 3.45. The number of hydrogen-bond acceptors (Lipinski definition) is 3. The van der Waals surface area contributed by atoms with E-state index < -0.39 is 0 Å². The SMILES string of the molecule is CCCn1cncc1COC1CCC(N)CC1. The predicted molar refractivity (Wildman–Crippen MR) is 67.5 cm³/mol. The Morgan fingerprint density at radius 3 is 2.88 bits per heavy atom. The van der Waals surface area contributed by atoms with Gasteiger partial charge in [-0.25, -0.2) is 4.98 Å². The van der Waals surface area contributed by atoms with E-state index in [2.05, 4.69) is 16.5 Å². The molecule has 0 atom stereocenters. The highest BCUT2D eigenvalue weighted by atomic mass is 16.5. The molecule has 4 heteroatoms. The lowest BCUT2D eigenvalue weighted by Gasteiger charge is -2.26. The van der Waals surface area contributed by atoms with Crippen LogP contribution in [0.1, 0.15) is 44.7 Å². The van der Waals surface area contributed by atoms with Crippen molar-refractivity contribution in [3.63, 3.8) is 0 Å². The lowest BCUT2D eigenvalue weighted by molar-refractivity contribution is 0.0109. The fraction of sp³-hybridized carbons (Fsp3) is 0.769. The Morgan fingerprint density at radius 2 is 2.18 bits per heavy atom. The molecule has 0 unspecified atom stereocenters. The minimum absolute atomic E-state index is 0.389. The van der Waals surface area contributed by atoms with Crippen LogP contribution in [-0.2, 0) is 17.9 Å². The molecule has 1 aromatic heterocycles. The van der Waals surface area contributed by atoms with Crippen LogP contribution < -0.4 is 5.73 Å². The average molecular weight is 237 g/mol. The number of nitrogens with zero attached hydrogens (tertiary/aromatic N) is 2. The van der Waals surface area contributed by atoms with Crippen molar-refractivity contribution in [1.82, 2.24) is 9.55 Å². The van der Waals surface area contributed by atoms with Gasteiger partial charge >= 0.3 is 0 Å². The fourth-order valence-corrected chi connectivity index (χ4v) is 2.37. The molecular weight excluding hydrogens is 214 g/mol. The summed E-state index contributed by atoms with van der Waals surface area (Å²) in [5.41, 5.74) is 7.06. The third kappa shape index (κ3) is 3.54. The first kappa shape index (κ1) is 12.6. The molecule has 0 bridgehead atoms. The number of aromatic nitrogens is 2. The summed E-state index contributed by atoms with van der Waals surface area (Å²) in [4.78, 5) is 4.18. The van der Waals surface area contributed by atoms with Gasteiger partial charge in [-0.1, -0.05) is 6.92 Å². The monoisotopic (exact) mass is 237 g/mol. The summed E-state index contributed by atoms with van der Waals surface area (Å²) in [6, 6.07) is 0.389. The number of imidazole rings is 1. The molecule has 2 rings (SSSR count). The molecular formula is C13H23N3O. The van der Waals surface area contributed by atoms with Gasteiger partial charge in [-0.2, -0.15) is 0 Å². The Kier molecular flexibility index (Phi) is 4.57. The first-order valence-electron chi connectivity index (χ1n) is 6.65. The van der Waals surface area contributed by atoms with Crippen LogP contribution in [-0.4, -0.2) is 21.7 Å². The van der Waals surface area contributed by atoms with Gasteiger partial charge in [0.05, 0.1) is 30.9 Å². The number of ether oxygens (including phenoxy) is 1. The quantitative estimate of drug-likeness (QED) is 0.853. The maximum atomic E-state index is 5.95. The molecule has 0 radical (unpaired) electrons. The van der Waals surface area contributed by atoms with Crippen LogP contribution in [0.25, 0.3) is 0 Å². The molecule has 1 fully saturated rings. The Hall–Kier alpha value is -0.870. The summed E-state index contributed by atoms with van der Waals surface area (Å²) in [6.45, 7) is 3.88. The molecule has 2 N–H and O–H groups in total. The summed E-state index contributed by atoms with van der Waals surface area (Å²) < 4.78 is 8.12. The Labute approximate surface area is 103 Å². The maximum absolute atomic E-state index is 5.95. The number of rotatable bonds is 5. The second-order valence-corrected chi connectivity index (χ2v) is 4.93. The highest BCUT2D eigenvalue weighted by Gasteiger charge is 2.19. The lowest BCUT2D eigenvalue weighted by atomic mass is 9.94. The summed E-state index contributed by atoms with van der Waals surface area (Å²) in [7, 11) is 0. The minimum Gasteiger partial charge on any atom is -0.372 e. The van der Waals surface area contributed by atoms with Crippen LogP contribution in [0.4, 0.5) is 0 Å². The average Bonchev–Trinajstić information content (AvgIpc) is 2.77. The second kappa shape index (κ2) is 6.17. The zero-order chi connectivity index (χ0) is 12.1. The molecule has 1 aliphatic rings. The largest absolute Gasteiger partial charge is 0.372 e. The van der Waals surface area contributed by atoms with Gasteiger partial charge in [0, 0.05) is 12.6 Å². The Balaban J connectivity index is 1.79. The van der Waals surface area contributed by atoms with Crippen molar-refractivity contribution in [1.29, 1.82) is 0 Å².